The Bertz CT molecular complexity index is 227. The highest BCUT2D eigenvalue weighted by Gasteiger charge is 2.34. The maximum atomic E-state index is 11.6. The molecule has 0 saturated carbocycles. The van der Waals surface area contributed by atoms with E-state index in [4.69, 9.17) is 10.5 Å². The quantitative estimate of drug-likeness (QED) is 0.688. The molecule has 1 saturated heterocycles. The maximum Gasteiger partial charge on any atom is 0.237 e. The number of ether oxygens (including phenoxy) is 1. The van der Waals surface area contributed by atoms with Crippen molar-refractivity contribution < 1.29 is 9.53 Å². The summed E-state index contributed by atoms with van der Waals surface area (Å²) in [6.07, 6.45) is 4.94. The molecule has 2 unspecified atom stereocenters. The third-order valence-electron chi connectivity index (χ3n) is 3.44. The normalized spacial score (nSPS) is 24.2. The van der Waals surface area contributed by atoms with Gasteiger partial charge in [0, 0.05) is 13.2 Å². The van der Waals surface area contributed by atoms with Crippen LogP contribution in [0.5, 0.6) is 0 Å². The van der Waals surface area contributed by atoms with Gasteiger partial charge in [-0.15, -0.1) is 0 Å². The SMILES string of the molecule is CCCC(CC)(NCC1CCCO1)C(N)=O. The predicted octanol–water partition coefficient (Wildman–Crippen LogP) is 1.19. The van der Waals surface area contributed by atoms with E-state index in [1.807, 2.05) is 6.92 Å². The summed E-state index contributed by atoms with van der Waals surface area (Å²) >= 11 is 0. The topological polar surface area (TPSA) is 64.3 Å². The average Bonchev–Trinajstić information content (AvgIpc) is 2.76. The molecule has 1 fully saturated rings. The van der Waals surface area contributed by atoms with Crippen molar-refractivity contribution in [2.45, 2.75) is 57.6 Å². The molecule has 1 aliphatic heterocycles. The first kappa shape index (κ1) is 13.5. The van der Waals surface area contributed by atoms with Gasteiger partial charge in [0.15, 0.2) is 0 Å². The lowest BCUT2D eigenvalue weighted by Gasteiger charge is -2.31. The number of primary amides is 1. The fourth-order valence-electron chi connectivity index (χ4n) is 2.32. The molecule has 0 aromatic heterocycles. The van der Waals surface area contributed by atoms with E-state index in [1.54, 1.807) is 0 Å². The molecule has 4 heteroatoms. The van der Waals surface area contributed by atoms with E-state index in [-0.39, 0.29) is 12.0 Å². The molecular formula is C12H24N2O2. The van der Waals surface area contributed by atoms with Crippen LogP contribution >= 0.6 is 0 Å². The number of amides is 1. The highest BCUT2D eigenvalue weighted by Crippen LogP contribution is 2.19. The molecule has 1 amide bonds. The smallest absolute Gasteiger partial charge is 0.237 e. The molecule has 0 radical (unpaired) electrons. The summed E-state index contributed by atoms with van der Waals surface area (Å²) in [5.74, 6) is -0.241. The Hall–Kier alpha value is -0.610. The third kappa shape index (κ3) is 3.19. The highest BCUT2D eigenvalue weighted by atomic mass is 16.5. The molecule has 1 rings (SSSR count). The lowest BCUT2D eigenvalue weighted by atomic mass is 9.89. The first-order valence-electron chi connectivity index (χ1n) is 6.31. The van der Waals surface area contributed by atoms with Crippen molar-refractivity contribution in [3.05, 3.63) is 0 Å². The number of nitrogens with one attached hydrogen (secondary N) is 1. The predicted molar refractivity (Wildman–Crippen MR) is 64.1 cm³/mol. The summed E-state index contributed by atoms with van der Waals surface area (Å²) in [5.41, 5.74) is 4.97. The first-order valence-corrected chi connectivity index (χ1v) is 6.31. The van der Waals surface area contributed by atoms with Crippen LogP contribution in [0.2, 0.25) is 0 Å². The Morgan fingerprint density at radius 3 is 2.75 bits per heavy atom. The Labute approximate surface area is 97.9 Å². The standard InChI is InChI=1S/C12H24N2O2/c1-3-7-12(4-2,11(13)15)14-9-10-6-5-8-16-10/h10,14H,3-9H2,1-2H3,(H2,13,15). The van der Waals surface area contributed by atoms with Crippen molar-refractivity contribution >= 4 is 5.91 Å². The van der Waals surface area contributed by atoms with E-state index in [2.05, 4.69) is 12.2 Å². The van der Waals surface area contributed by atoms with Gasteiger partial charge in [0.05, 0.1) is 11.6 Å². The molecular weight excluding hydrogens is 204 g/mol. The summed E-state index contributed by atoms with van der Waals surface area (Å²) in [6.45, 7) is 5.65. The van der Waals surface area contributed by atoms with Gasteiger partial charge in [-0.2, -0.15) is 0 Å². The molecule has 0 bridgehead atoms. The van der Waals surface area contributed by atoms with Gasteiger partial charge in [0.1, 0.15) is 0 Å². The van der Waals surface area contributed by atoms with Gasteiger partial charge in [-0.1, -0.05) is 20.3 Å². The van der Waals surface area contributed by atoms with Crippen molar-refractivity contribution in [3.63, 3.8) is 0 Å². The zero-order chi connectivity index (χ0) is 12.0. The van der Waals surface area contributed by atoms with E-state index in [9.17, 15) is 4.79 Å². The monoisotopic (exact) mass is 228 g/mol. The van der Waals surface area contributed by atoms with Crippen LogP contribution in [0.3, 0.4) is 0 Å². The largest absolute Gasteiger partial charge is 0.377 e. The number of carbonyl (C=O) groups is 1. The van der Waals surface area contributed by atoms with Crippen LogP contribution in [0.15, 0.2) is 0 Å². The molecule has 3 N–H and O–H groups in total. The molecule has 0 spiro atoms. The second-order valence-corrected chi connectivity index (χ2v) is 4.57. The Morgan fingerprint density at radius 1 is 1.56 bits per heavy atom. The molecule has 16 heavy (non-hydrogen) atoms. The van der Waals surface area contributed by atoms with E-state index in [0.717, 1.165) is 45.3 Å². The fraction of sp³-hybridized carbons (Fsp3) is 0.917. The van der Waals surface area contributed by atoms with Crippen molar-refractivity contribution in [1.29, 1.82) is 0 Å². The fourth-order valence-corrected chi connectivity index (χ4v) is 2.32. The zero-order valence-electron chi connectivity index (χ0n) is 10.4. The van der Waals surface area contributed by atoms with Gasteiger partial charge in [0.25, 0.3) is 0 Å². The zero-order valence-corrected chi connectivity index (χ0v) is 10.4. The number of hydrogen-bond donors (Lipinski definition) is 2. The summed E-state index contributed by atoms with van der Waals surface area (Å²) in [6, 6.07) is 0. The van der Waals surface area contributed by atoms with Crippen molar-refractivity contribution in [2.24, 2.45) is 5.73 Å². The summed E-state index contributed by atoms with van der Waals surface area (Å²) < 4.78 is 5.54. The van der Waals surface area contributed by atoms with Crippen molar-refractivity contribution in [3.8, 4) is 0 Å². The van der Waals surface area contributed by atoms with E-state index in [1.165, 1.54) is 0 Å². The number of hydrogen-bond acceptors (Lipinski definition) is 3. The van der Waals surface area contributed by atoms with Crippen molar-refractivity contribution in [1.82, 2.24) is 5.32 Å². The van der Waals surface area contributed by atoms with Gasteiger partial charge < -0.3 is 15.8 Å². The van der Waals surface area contributed by atoms with Gasteiger partial charge in [-0.05, 0) is 25.7 Å². The molecule has 0 aromatic carbocycles. The van der Waals surface area contributed by atoms with Crippen LogP contribution in [0, 0.1) is 0 Å². The summed E-state index contributed by atoms with van der Waals surface area (Å²) in [4.78, 5) is 11.6. The summed E-state index contributed by atoms with van der Waals surface area (Å²) in [5, 5.41) is 3.33. The van der Waals surface area contributed by atoms with Crippen LogP contribution in [0.1, 0.15) is 46.0 Å². The van der Waals surface area contributed by atoms with Crippen molar-refractivity contribution in [2.75, 3.05) is 13.2 Å². The van der Waals surface area contributed by atoms with Crippen LogP contribution in [0.25, 0.3) is 0 Å². The minimum Gasteiger partial charge on any atom is -0.377 e. The van der Waals surface area contributed by atoms with Gasteiger partial charge in [-0.25, -0.2) is 0 Å². The Balaban J connectivity index is 2.50. The molecule has 1 aliphatic rings. The van der Waals surface area contributed by atoms with E-state index >= 15 is 0 Å². The highest BCUT2D eigenvalue weighted by molar-refractivity contribution is 5.84. The van der Waals surface area contributed by atoms with Crippen LogP contribution < -0.4 is 11.1 Å². The Morgan fingerprint density at radius 2 is 2.31 bits per heavy atom. The van der Waals surface area contributed by atoms with E-state index in [0.29, 0.717) is 0 Å². The summed E-state index contributed by atoms with van der Waals surface area (Å²) in [7, 11) is 0. The second kappa shape index (κ2) is 6.21. The minimum absolute atomic E-state index is 0.241. The number of rotatable bonds is 7. The van der Waals surface area contributed by atoms with Crippen LogP contribution in [-0.4, -0.2) is 30.7 Å². The number of carbonyl (C=O) groups excluding carboxylic acids is 1. The second-order valence-electron chi connectivity index (χ2n) is 4.57. The van der Waals surface area contributed by atoms with Gasteiger partial charge in [0.2, 0.25) is 5.91 Å². The Kier molecular flexibility index (Phi) is 5.22. The average molecular weight is 228 g/mol. The maximum absolute atomic E-state index is 11.6. The molecule has 94 valence electrons. The molecule has 1 heterocycles. The third-order valence-corrected chi connectivity index (χ3v) is 3.44. The molecule has 0 aromatic rings. The van der Waals surface area contributed by atoms with Crippen LogP contribution in [0.4, 0.5) is 0 Å². The number of nitrogens with two attached hydrogens (primary N) is 1. The minimum atomic E-state index is -0.541. The van der Waals surface area contributed by atoms with Crippen LogP contribution in [-0.2, 0) is 9.53 Å². The molecule has 0 aliphatic carbocycles. The van der Waals surface area contributed by atoms with Gasteiger partial charge in [-0.3, -0.25) is 4.79 Å². The molecule has 2 atom stereocenters. The van der Waals surface area contributed by atoms with E-state index < -0.39 is 5.54 Å². The molecule has 4 nitrogen and oxygen atoms in total. The lowest BCUT2D eigenvalue weighted by molar-refractivity contribution is -0.125. The van der Waals surface area contributed by atoms with Gasteiger partial charge >= 0.3 is 0 Å². The lowest BCUT2D eigenvalue weighted by Crippen LogP contribution is -2.56. The first-order chi connectivity index (χ1) is 7.64.